The Hall–Kier alpha value is -2.24. The average Bonchev–Trinajstić information content (AvgIpc) is 2.28. The maximum atomic E-state index is 11.0. The highest BCUT2D eigenvalue weighted by Gasteiger charge is 2.09. The van der Waals surface area contributed by atoms with Gasteiger partial charge in [-0.25, -0.2) is 9.59 Å². The largest absolute Gasteiger partial charge is 0.480 e. The zero-order valence-corrected chi connectivity index (χ0v) is 9.30. The van der Waals surface area contributed by atoms with Gasteiger partial charge in [0.25, 0.3) is 0 Å². The number of benzene rings is 1. The van der Waals surface area contributed by atoms with Crippen LogP contribution >= 0.6 is 0 Å². The van der Waals surface area contributed by atoms with Crippen LogP contribution in [0.2, 0.25) is 0 Å². The molecule has 1 rings (SSSR count). The molecule has 0 heterocycles. The van der Waals surface area contributed by atoms with Crippen LogP contribution in [0.5, 0.6) is 5.75 Å². The van der Waals surface area contributed by atoms with E-state index in [1.807, 2.05) is 0 Å². The first-order chi connectivity index (χ1) is 8.04. The van der Waals surface area contributed by atoms with E-state index in [1.165, 1.54) is 18.2 Å². The van der Waals surface area contributed by atoms with E-state index in [0.717, 1.165) is 0 Å². The summed E-state index contributed by atoms with van der Waals surface area (Å²) in [7, 11) is 0. The smallest absolute Gasteiger partial charge is 0.344 e. The third-order valence-electron chi connectivity index (χ3n) is 1.91. The predicted octanol–water partition coefficient (Wildman–Crippen LogP) is 0.909. The lowest BCUT2D eigenvalue weighted by atomic mass is 10.2. The molecule has 6 nitrogen and oxygen atoms in total. The van der Waals surface area contributed by atoms with Gasteiger partial charge in [0.05, 0.1) is 17.9 Å². The SMILES string of the molecule is CCOC(=O)COc1cc(C(=O)O)ccc1N. The summed E-state index contributed by atoms with van der Waals surface area (Å²) in [6.07, 6.45) is 0. The number of esters is 1. The Labute approximate surface area is 97.9 Å². The molecular formula is C11H13NO5. The molecule has 0 fully saturated rings. The molecule has 1 aromatic carbocycles. The fourth-order valence-corrected chi connectivity index (χ4v) is 1.13. The molecule has 0 unspecified atom stereocenters. The number of hydrogen-bond acceptors (Lipinski definition) is 5. The first kappa shape index (κ1) is 12.8. The summed E-state index contributed by atoms with van der Waals surface area (Å²) in [6.45, 7) is 1.63. The average molecular weight is 239 g/mol. The normalized spacial score (nSPS) is 9.71. The minimum absolute atomic E-state index is 0.0399. The summed E-state index contributed by atoms with van der Waals surface area (Å²) in [6, 6.07) is 4.02. The van der Waals surface area contributed by atoms with E-state index in [9.17, 15) is 9.59 Å². The van der Waals surface area contributed by atoms with E-state index < -0.39 is 11.9 Å². The number of nitrogen functional groups attached to an aromatic ring is 1. The van der Waals surface area contributed by atoms with Crippen molar-refractivity contribution in [1.29, 1.82) is 0 Å². The Balaban J connectivity index is 2.73. The van der Waals surface area contributed by atoms with Gasteiger partial charge in [-0.15, -0.1) is 0 Å². The molecule has 3 N–H and O–H groups in total. The maximum Gasteiger partial charge on any atom is 0.344 e. The van der Waals surface area contributed by atoms with Gasteiger partial charge in [0.15, 0.2) is 6.61 Å². The van der Waals surface area contributed by atoms with E-state index >= 15 is 0 Å². The van der Waals surface area contributed by atoms with Gasteiger partial charge in [-0.1, -0.05) is 0 Å². The molecule has 0 aromatic heterocycles. The van der Waals surface area contributed by atoms with Crippen LogP contribution in [0.4, 0.5) is 5.69 Å². The van der Waals surface area contributed by atoms with Crippen LogP contribution in [-0.4, -0.2) is 30.3 Å². The van der Waals surface area contributed by atoms with Gasteiger partial charge < -0.3 is 20.3 Å². The molecule has 0 saturated carbocycles. The third-order valence-corrected chi connectivity index (χ3v) is 1.91. The Morgan fingerprint density at radius 3 is 2.71 bits per heavy atom. The Bertz CT molecular complexity index is 430. The number of nitrogens with two attached hydrogens (primary N) is 1. The monoisotopic (exact) mass is 239 g/mol. The number of carboxylic acids is 1. The van der Waals surface area contributed by atoms with Crippen molar-refractivity contribution in [2.45, 2.75) is 6.92 Å². The Morgan fingerprint density at radius 2 is 2.12 bits per heavy atom. The number of rotatable bonds is 5. The van der Waals surface area contributed by atoms with Gasteiger partial charge in [0, 0.05) is 0 Å². The topological polar surface area (TPSA) is 98.8 Å². The zero-order valence-electron chi connectivity index (χ0n) is 9.30. The number of anilines is 1. The number of hydrogen-bond donors (Lipinski definition) is 2. The molecule has 0 spiro atoms. The lowest BCUT2D eigenvalue weighted by Crippen LogP contribution is -2.15. The molecule has 0 saturated heterocycles. The first-order valence-corrected chi connectivity index (χ1v) is 4.95. The highest BCUT2D eigenvalue weighted by Crippen LogP contribution is 2.22. The summed E-state index contributed by atoms with van der Waals surface area (Å²) in [4.78, 5) is 21.8. The van der Waals surface area contributed by atoms with Gasteiger partial charge in [-0.3, -0.25) is 0 Å². The van der Waals surface area contributed by atoms with E-state index in [-0.39, 0.29) is 30.2 Å². The van der Waals surface area contributed by atoms with Crippen molar-refractivity contribution in [3.8, 4) is 5.75 Å². The van der Waals surface area contributed by atoms with E-state index in [0.29, 0.717) is 0 Å². The van der Waals surface area contributed by atoms with Crippen molar-refractivity contribution in [2.24, 2.45) is 0 Å². The highest BCUT2D eigenvalue weighted by atomic mass is 16.6. The quantitative estimate of drug-likeness (QED) is 0.585. The van der Waals surface area contributed by atoms with Crippen molar-refractivity contribution in [2.75, 3.05) is 18.9 Å². The third kappa shape index (κ3) is 3.67. The molecule has 0 aliphatic heterocycles. The minimum atomic E-state index is -1.09. The molecule has 0 radical (unpaired) electrons. The molecule has 0 amide bonds. The van der Waals surface area contributed by atoms with Crippen molar-refractivity contribution in [1.82, 2.24) is 0 Å². The molecular weight excluding hydrogens is 226 g/mol. The zero-order chi connectivity index (χ0) is 12.8. The maximum absolute atomic E-state index is 11.0. The highest BCUT2D eigenvalue weighted by molar-refractivity contribution is 5.89. The molecule has 0 bridgehead atoms. The lowest BCUT2D eigenvalue weighted by Gasteiger charge is -2.08. The molecule has 92 valence electrons. The molecule has 6 heteroatoms. The van der Waals surface area contributed by atoms with Crippen LogP contribution in [0.3, 0.4) is 0 Å². The number of aromatic carboxylic acids is 1. The lowest BCUT2D eigenvalue weighted by molar-refractivity contribution is -0.145. The second-order valence-corrected chi connectivity index (χ2v) is 3.15. The second kappa shape index (κ2) is 5.74. The van der Waals surface area contributed by atoms with Gasteiger partial charge in [-0.2, -0.15) is 0 Å². The van der Waals surface area contributed by atoms with Gasteiger partial charge in [-0.05, 0) is 25.1 Å². The van der Waals surface area contributed by atoms with Crippen LogP contribution in [0.1, 0.15) is 17.3 Å². The van der Waals surface area contributed by atoms with E-state index in [2.05, 4.69) is 4.74 Å². The molecule has 0 aliphatic rings. The van der Waals surface area contributed by atoms with Crippen molar-refractivity contribution in [3.63, 3.8) is 0 Å². The van der Waals surface area contributed by atoms with Crippen LogP contribution in [0, 0.1) is 0 Å². The van der Waals surface area contributed by atoms with Crippen LogP contribution < -0.4 is 10.5 Å². The summed E-state index contributed by atoms with van der Waals surface area (Å²) < 4.78 is 9.74. The summed E-state index contributed by atoms with van der Waals surface area (Å²) in [5, 5.41) is 8.77. The van der Waals surface area contributed by atoms with Crippen molar-refractivity contribution < 1.29 is 24.2 Å². The summed E-state index contributed by atoms with van der Waals surface area (Å²) in [5.74, 6) is -1.48. The van der Waals surface area contributed by atoms with E-state index in [1.54, 1.807) is 6.92 Å². The van der Waals surface area contributed by atoms with Crippen LogP contribution in [0.15, 0.2) is 18.2 Å². The molecule has 17 heavy (non-hydrogen) atoms. The molecule has 1 aromatic rings. The standard InChI is InChI=1S/C11H13NO5/c1-2-16-10(13)6-17-9-5-7(11(14)15)3-4-8(9)12/h3-5H,2,6,12H2,1H3,(H,14,15). The fraction of sp³-hybridized carbons (Fsp3) is 0.273. The van der Waals surface area contributed by atoms with Gasteiger partial charge in [0.1, 0.15) is 5.75 Å². The Kier molecular flexibility index (Phi) is 4.33. The number of carbonyl (C=O) groups excluding carboxylic acids is 1. The van der Waals surface area contributed by atoms with Gasteiger partial charge in [0.2, 0.25) is 0 Å². The predicted molar refractivity (Wildman–Crippen MR) is 59.9 cm³/mol. The summed E-state index contributed by atoms with van der Waals surface area (Å²) in [5.41, 5.74) is 5.88. The number of ether oxygens (including phenoxy) is 2. The number of carbonyl (C=O) groups is 2. The number of carboxylic acid groups (broad SMARTS) is 1. The first-order valence-electron chi connectivity index (χ1n) is 4.95. The molecule has 0 aliphatic carbocycles. The second-order valence-electron chi connectivity index (χ2n) is 3.15. The Morgan fingerprint density at radius 1 is 1.41 bits per heavy atom. The van der Waals surface area contributed by atoms with Crippen molar-refractivity contribution >= 4 is 17.6 Å². The van der Waals surface area contributed by atoms with Crippen LogP contribution in [0.25, 0.3) is 0 Å². The molecule has 0 atom stereocenters. The van der Waals surface area contributed by atoms with Gasteiger partial charge >= 0.3 is 11.9 Å². The van der Waals surface area contributed by atoms with Crippen molar-refractivity contribution in [3.05, 3.63) is 23.8 Å². The summed E-state index contributed by atoms with van der Waals surface area (Å²) >= 11 is 0. The fourth-order valence-electron chi connectivity index (χ4n) is 1.13. The minimum Gasteiger partial charge on any atom is -0.480 e. The van der Waals surface area contributed by atoms with Crippen LogP contribution in [-0.2, 0) is 9.53 Å². The van der Waals surface area contributed by atoms with E-state index in [4.69, 9.17) is 15.6 Å².